The van der Waals surface area contributed by atoms with Crippen LogP contribution in [0.1, 0.15) is 26.6 Å². The highest BCUT2D eigenvalue weighted by Crippen LogP contribution is 2.10. The number of aliphatic imine (C=N–C) groups is 1. The molecule has 1 aromatic rings. The Kier molecular flexibility index (Phi) is 4.77. The van der Waals surface area contributed by atoms with Crippen LogP contribution in [0, 0.1) is 0 Å². The van der Waals surface area contributed by atoms with Crippen molar-refractivity contribution in [2.24, 2.45) is 4.99 Å². The molecule has 0 saturated carbocycles. The summed E-state index contributed by atoms with van der Waals surface area (Å²) in [7, 11) is 0. The fraction of sp³-hybridized carbons (Fsp3) is 0.692. The van der Waals surface area contributed by atoms with Crippen molar-refractivity contribution in [3.05, 3.63) is 12.2 Å². The maximum Gasteiger partial charge on any atom is 0.410 e. The summed E-state index contributed by atoms with van der Waals surface area (Å²) < 4.78 is 5.37. The van der Waals surface area contributed by atoms with Crippen LogP contribution in [0.4, 0.5) is 4.79 Å². The van der Waals surface area contributed by atoms with Gasteiger partial charge in [-0.3, -0.25) is 15.0 Å². The molecule has 1 aliphatic heterocycles. The summed E-state index contributed by atoms with van der Waals surface area (Å²) in [6.07, 6.45) is 1.91. The van der Waals surface area contributed by atoms with Crippen LogP contribution in [0.25, 0.3) is 0 Å². The van der Waals surface area contributed by atoms with Gasteiger partial charge in [-0.15, -0.1) is 0 Å². The van der Waals surface area contributed by atoms with E-state index in [1.165, 1.54) is 6.33 Å². The van der Waals surface area contributed by atoms with Crippen molar-refractivity contribution < 1.29 is 9.53 Å². The Hall–Kier alpha value is -2.12. The number of nitrogens with one attached hydrogen (secondary N) is 2. The fourth-order valence-corrected chi connectivity index (χ4v) is 1.89. The summed E-state index contributed by atoms with van der Waals surface area (Å²) in [4.78, 5) is 22.1. The van der Waals surface area contributed by atoms with Crippen LogP contribution in [0.3, 0.4) is 0 Å². The van der Waals surface area contributed by atoms with E-state index in [4.69, 9.17) is 4.74 Å². The van der Waals surface area contributed by atoms with Crippen LogP contribution in [-0.2, 0) is 11.2 Å². The van der Waals surface area contributed by atoms with Crippen molar-refractivity contribution in [3.63, 3.8) is 0 Å². The van der Waals surface area contributed by atoms with Gasteiger partial charge in [-0.1, -0.05) is 0 Å². The molecule has 0 aromatic carbocycles. The van der Waals surface area contributed by atoms with E-state index in [0.29, 0.717) is 26.2 Å². The first kappa shape index (κ1) is 15.3. The molecular weight excluding hydrogens is 272 g/mol. The van der Waals surface area contributed by atoms with Crippen LogP contribution in [0.15, 0.2) is 11.3 Å². The number of carbonyl (C=O) groups is 1. The molecule has 8 heteroatoms. The van der Waals surface area contributed by atoms with Gasteiger partial charge < -0.3 is 10.1 Å². The highest BCUT2D eigenvalue weighted by Gasteiger charge is 2.24. The largest absolute Gasteiger partial charge is 0.444 e. The van der Waals surface area contributed by atoms with E-state index in [0.717, 1.165) is 18.1 Å². The van der Waals surface area contributed by atoms with E-state index >= 15 is 0 Å². The lowest BCUT2D eigenvalue weighted by Crippen LogP contribution is -2.47. The smallest absolute Gasteiger partial charge is 0.410 e. The highest BCUT2D eigenvalue weighted by atomic mass is 16.6. The number of hydrogen-bond acceptors (Lipinski definition) is 6. The Morgan fingerprint density at radius 2 is 2.33 bits per heavy atom. The van der Waals surface area contributed by atoms with E-state index < -0.39 is 5.60 Å². The number of nitrogens with zero attached hydrogens (tertiary/aromatic N) is 4. The maximum atomic E-state index is 12.0. The van der Waals surface area contributed by atoms with E-state index in [9.17, 15) is 4.79 Å². The quantitative estimate of drug-likeness (QED) is 0.850. The lowest BCUT2D eigenvalue weighted by molar-refractivity contribution is 0.0276. The van der Waals surface area contributed by atoms with Gasteiger partial charge >= 0.3 is 6.09 Å². The number of hydrogen-bond donors (Lipinski definition) is 2. The van der Waals surface area contributed by atoms with Crippen molar-refractivity contribution in [2.45, 2.75) is 32.8 Å². The number of rotatable bonds is 3. The molecule has 0 fully saturated rings. The van der Waals surface area contributed by atoms with Crippen LogP contribution >= 0.6 is 0 Å². The summed E-state index contributed by atoms with van der Waals surface area (Å²) in [5, 5.41) is 9.82. The Labute approximate surface area is 124 Å². The van der Waals surface area contributed by atoms with Gasteiger partial charge in [-0.2, -0.15) is 5.10 Å². The van der Waals surface area contributed by atoms with Gasteiger partial charge in [-0.05, 0) is 20.8 Å². The lowest BCUT2D eigenvalue weighted by atomic mass is 10.2. The van der Waals surface area contributed by atoms with Crippen molar-refractivity contribution in [3.8, 4) is 0 Å². The topological polar surface area (TPSA) is 95.5 Å². The summed E-state index contributed by atoms with van der Waals surface area (Å²) in [6, 6.07) is 0. The second-order valence-corrected chi connectivity index (χ2v) is 5.84. The second-order valence-electron chi connectivity index (χ2n) is 5.84. The number of ether oxygens (including phenoxy) is 1. The number of carbonyl (C=O) groups excluding carboxylic acids is 1. The van der Waals surface area contributed by atoms with Gasteiger partial charge in [0.15, 0.2) is 0 Å². The zero-order valence-corrected chi connectivity index (χ0v) is 12.7. The minimum Gasteiger partial charge on any atom is -0.444 e. The van der Waals surface area contributed by atoms with Crippen molar-refractivity contribution in [1.82, 2.24) is 25.4 Å². The summed E-state index contributed by atoms with van der Waals surface area (Å²) in [5.74, 6) is 1.62. The Morgan fingerprint density at radius 1 is 1.52 bits per heavy atom. The third-order valence-electron chi connectivity index (χ3n) is 2.82. The molecule has 116 valence electrons. The molecule has 1 aromatic heterocycles. The van der Waals surface area contributed by atoms with Crippen molar-refractivity contribution in [1.29, 1.82) is 0 Å². The van der Waals surface area contributed by atoms with Gasteiger partial charge in [0.05, 0.1) is 13.1 Å². The van der Waals surface area contributed by atoms with E-state index in [1.54, 1.807) is 4.90 Å². The van der Waals surface area contributed by atoms with E-state index in [1.807, 2.05) is 20.8 Å². The molecule has 0 aliphatic carbocycles. The molecule has 0 atom stereocenters. The summed E-state index contributed by atoms with van der Waals surface area (Å²) in [5.41, 5.74) is -0.481. The van der Waals surface area contributed by atoms with E-state index in [-0.39, 0.29) is 6.09 Å². The molecule has 1 amide bonds. The van der Waals surface area contributed by atoms with Gasteiger partial charge in [0, 0.05) is 19.5 Å². The standard InChI is InChI=1S/C13H22N6O2/c1-13(2,3)21-12(20)19-7-6-15-11(8-19)14-5-4-10-16-9-17-18-10/h9H,4-8H2,1-3H3,(H,14,15)(H,16,17,18). The Bertz CT molecular complexity index is 491. The Balaban J connectivity index is 1.77. The fourth-order valence-electron chi connectivity index (χ4n) is 1.89. The average molecular weight is 294 g/mol. The molecule has 0 saturated heterocycles. The van der Waals surface area contributed by atoms with Crippen molar-refractivity contribution in [2.75, 3.05) is 26.2 Å². The third kappa shape index (κ3) is 5.05. The maximum absolute atomic E-state index is 12.0. The van der Waals surface area contributed by atoms with Crippen LogP contribution in [0.5, 0.6) is 0 Å². The van der Waals surface area contributed by atoms with Crippen LogP contribution in [-0.4, -0.2) is 63.8 Å². The summed E-state index contributed by atoms with van der Waals surface area (Å²) in [6.45, 7) is 7.89. The van der Waals surface area contributed by atoms with Crippen LogP contribution in [0.2, 0.25) is 0 Å². The molecule has 0 bridgehead atoms. The van der Waals surface area contributed by atoms with Gasteiger partial charge in [0.1, 0.15) is 23.6 Å². The van der Waals surface area contributed by atoms with Gasteiger partial charge in [0.25, 0.3) is 0 Å². The SMILES string of the molecule is CC(C)(C)OC(=O)N1CCN=C(NCCc2ncn[nH]2)C1. The predicted octanol–water partition coefficient (Wildman–Crippen LogP) is 0.586. The van der Waals surface area contributed by atoms with Crippen LogP contribution < -0.4 is 5.32 Å². The van der Waals surface area contributed by atoms with E-state index in [2.05, 4.69) is 25.5 Å². The number of aromatic nitrogens is 3. The normalized spacial score (nSPS) is 15.6. The molecule has 0 spiro atoms. The monoisotopic (exact) mass is 294 g/mol. The number of amidine groups is 1. The lowest BCUT2D eigenvalue weighted by Gasteiger charge is -2.29. The predicted molar refractivity (Wildman–Crippen MR) is 78.2 cm³/mol. The number of aromatic amines is 1. The molecule has 1 aliphatic rings. The molecule has 0 unspecified atom stereocenters. The highest BCUT2D eigenvalue weighted by molar-refractivity contribution is 5.87. The minimum atomic E-state index is -0.481. The first-order valence-corrected chi connectivity index (χ1v) is 7.03. The third-order valence-corrected chi connectivity index (χ3v) is 2.82. The molecule has 21 heavy (non-hydrogen) atoms. The molecule has 0 radical (unpaired) electrons. The molecule has 2 rings (SSSR count). The molecule has 8 nitrogen and oxygen atoms in total. The number of amides is 1. The van der Waals surface area contributed by atoms with Crippen molar-refractivity contribution >= 4 is 11.9 Å². The molecule has 2 heterocycles. The second kappa shape index (κ2) is 6.55. The summed E-state index contributed by atoms with van der Waals surface area (Å²) >= 11 is 0. The Morgan fingerprint density at radius 3 is 3.00 bits per heavy atom. The zero-order chi connectivity index (χ0) is 15.3. The first-order chi connectivity index (χ1) is 9.94. The van der Waals surface area contributed by atoms with Gasteiger partial charge in [0.2, 0.25) is 0 Å². The average Bonchev–Trinajstić information content (AvgIpc) is 2.90. The minimum absolute atomic E-state index is 0.299. The molecular formula is C13H22N6O2. The number of H-pyrrole nitrogens is 1. The zero-order valence-electron chi connectivity index (χ0n) is 12.7. The molecule has 2 N–H and O–H groups in total. The van der Waals surface area contributed by atoms with Gasteiger partial charge in [-0.25, -0.2) is 9.78 Å². The first-order valence-electron chi connectivity index (χ1n) is 7.03.